The van der Waals surface area contributed by atoms with Gasteiger partial charge in [-0.15, -0.1) is 0 Å². The summed E-state index contributed by atoms with van der Waals surface area (Å²) in [5, 5.41) is 0. The lowest BCUT2D eigenvalue weighted by molar-refractivity contribution is -0.122. The molecule has 0 aliphatic carbocycles. The lowest BCUT2D eigenvalue weighted by Gasteiger charge is -2.13. The highest BCUT2D eigenvalue weighted by Crippen LogP contribution is 1.94. The molecule has 11 heavy (non-hydrogen) atoms. The van der Waals surface area contributed by atoms with Gasteiger partial charge in [0.05, 0.1) is 13.1 Å². The van der Waals surface area contributed by atoms with Gasteiger partial charge in [0.25, 0.3) is 6.43 Å². The van der Waals surface area contributed by atoms with Crippen molar-refractivity contribution in [3.63, 3.8) is 0 Å². The molecule has 0 bridgehead atoms. The number of nitrogens with one attached hydrogen (secondary N) is 1. The third kappa shape index (κ3) is 5.68. The van der Waals surface area contributed by atoms with E-state index in [0.29, 0.717) is 0 Å². The van der Waals surface area contributed by atoms with Crippen LogP contribution in [0.2, 0.25) is 0 Å². The molecule has 66 valence electrons. The quantitative estimate of drug-likeness (QED) is 0.326. The molecule has 0 aromatic heterocycles. The number of alkyl halides is 2. The summed E-state index contributed by atoms with van der Waals surface area (Å²) in [4.78, 5) is 11.7. The Morgan fingerprint density at radius 3 is 2.64 bits per heavy atom. The number of nitrogens with zero attached hydrogens (tertiary/aromatic N) is 1. The third-order valence-electron chi connectivity index (χ3n) is 1.02. The molecule has 0 radical (unpaired) electrons. The van der Waals surface area contributed by atoms with Crippen LogP contribution in [0, 0.1) is 0 Å². The zero-order chi connectivity index (χ0) is 8.85. The molecule has 0 rings (SSSR count). The van der Waals surface area contributed by atoms with Gasteiger partial charge in [0, 0.05) is 0 Å². The molecule has 0 aliphatic heterocycles. The summed E-state index contributed by atoms with van der Waals surface area (Å²) in [6.07, 6.45) is -2.43. The molecule has 0 saturated heterocycles. The van der Waals surface area contributed by atoms with Crippen LogP contribution in [0.1, 0.15) is 0 Å². The number of hydrogen-bond acceptors (Lipinski definition) is 3. The maximum absolute atomic E-state index is 11.6. The van der Waals surface area contributed by atoms with Crippen molar-refractivity contribution in [1.82, 2.24) is 10.3 Å². The minimum absolute atomic E-state index is 0.110. The van der Waals surface area contributed by atoms with Crippen molar-refractivity contribution in [3.8, 4) is 0 Å². The molecule has 4 nitrogen and oxygen atoms in total. The zero-order valence-corrected chi connectivity index (χ0v) is 6.18. The molecule has 0 atom stereocenters. The lowest BCUT2D eigenvalue weighted by atomic mass is 10.5. The van der Waals surface area contributed by atoms with E-state index in [1.807, 2.05) is 5.43 Å². The van der Waals surface area contributed by atoms with E-state index >= 15 is 0 Å². The molecule has 1 amide bonds. The zero-order valence-electron chi connectivity index (χ0n) is 6.18. The fourth-order valence-electron chi connectivity index (χ4n) is 0.591. The second-order valence-corrected chi connectivity index (χ2v) is 2.16. The molecule has 0 unspecified atom stereocenters. The Morgan fingerprint density at radius 1 is 1.73 bits per heavy atom. The molecule has 6 heteroatoms. The SMILES string of the molecule is CN(CC(=O)NN)CC(F)F. The summed E-state index contributed by atoms with van der Waals surface area (Å²) in [6, 6.07) is 0. The van der Waals surface area contributed by atoms with E-state index in [2.05, 4.69) is 0 Å². The highest BCUT2D eigenvalue weighted by atomic mass is 19.3. The normalized spacial score (nSPS) is 10.7. The van der Waals surface area contributed by atoms with Gasteiger partial charge in [-0.1, -0.05) is 0 Å². The number of likely N-dealkylation sites (N-methyl/N-ethyl adjacent to an activating group) is 1. The van der Waals surface area contributed by atoms with E-state index in [0.717, 1.165) is 0 Å². The number of halogens is 2. The van der Waals surface area contributed by atoms with Crippen LogP contribution in [0.25, 0.3) is 0 Å². The van der Waals surface area contributed by atoms with Gasteiger partial charge < -0.3 is 0 Å². The predicted octanol–water partition coefficient (Wildman–Crippen LogP) is -0.827. The van der Waals surface area contributed by atoms with Gasteiger partial charge in [-0.05, 0) is 7.05 Å². The number of amides is 1. The minimum atomic E-state index is -2.43. The van der Waals surface area contributed by atoms with Gasteiger partial charge in [0.1, 0.15) is 0 Å². The van der Waals surface area contributed by atoms with Crippen LogP contribution in [-0.4, -0.2) is 37.4 Å². The molecular formula is C5H11F2N3O. The first-order valence-corrected chi connectivity index (χ1v) is 3.02. The smallest absolute Gasteiger partial charge is 0.251 e. The van der Waals surface area contributed by atoms with Gasteiger partial charge in [-0.2, -0.15) is 0 Å². The topological polar surface area (TPSA) is 58.4 Å². The van der Waals surface area contributed by atoms with E-state index in [1.54, 1.807) is 0 Å². The summed E-state index contributed by atoms with van der Waals surface area (Å²) in [5.41, 5.74) is 1.84. The number of hydrazine groups is 1. The van der Waals surface area contributed by atoms with E-state index < -0.39 is 18.9 Å². The van der Waals surface area contributed by atoms with Crippen molar-refractivity contribution in [2.24, 2.45) is 5.84 Å². The third-order valence-corrected chi connectivity index (χ3v) is 1.02. The summed E-state index contributed by atoms with van der Waals surface area (Å²) >= 11 is 0. The van der Waals surface area contributed by atoms with Gasteiger partial charge in [0.15, 0.2) is 0 Å². The lowest BCUT2D eigenvalue weighted by Crippen LogP contribution is -2.40. The van der Waals surface area contributed by atoms with Crippen molar-refractivity contribution in [2.75, 3.05) is 20.1 Å². The highest BCUT2D eigenvalue weighted by Gasteiger charge is 2.09. The molecule has 0 saturated carbocycles. The monoisotopic (exact) mass is 167 g/mol. The average Bonchev–Trinajstić information content (AvgIpc) is 1.85. The van der Waals surface area contributed by atoms with Crippen molar-refractivity contribution >= 4 is 5.91 Å². The van der Waals surface area contributed by atoms with E-state index in [9.17, 15) is 13.6 Å². The molecule has 0 fully saturated rings. The number of carbonyl (C=O) groups excluding carboxylic acids is 1. The maximum atomic E-state index is 11.6. The minimum Gasteiger partial charge on any atom is -0.293 e. The number of nitrogens with two attached hydrogens (primary N) is 1. The maximum Gasteiger partial charge on any atom is 0.251 e. The second kappa shape index (κ2) is 4.97. The standard InChI is InChI=1S/C5H11F2N3O/c1-10(2-4(6)7)3-5(11)9-8/h4H,2-3,8H2,1H3,(H,9,11). The van der Waals surface area contributed by atoms with Crippen molar-refractivity contribution in [3.05, 3.63) is 0 Å². The number of rotatable bonds is 4. The van der Waals surface area contributed by atoms with Crippen molar-refractivity contribution < 1.29 is 13.6 Å². The van der Waals surface area contributed by atoms with Gasteiger partial charge >= 0.3 is 0 Å². The van der Waals surface area contributed by atoms with Crippen LogP contribution in [0.3, 0.4) is 0 Å². The van der Waals surface area contributed by atoms with Crippen molar-refractivity contribution in [1.29, 1.82) is 0 Å². The molecular weight excluding hydrogens is 156 g/mol. The van der Waals surface area contributed by atoms with E-state index in [1.165, 1.54) is 11.9 Å². The van der Waals surface area contributed by atoms with Gasteiger partial charge in [-0.25, -0.2) is 14.6 Å². The summed E-state index contributed by atoms with van der Waals surface area (Å²) < 4.78 is 23.3. The van der Waals surface area contributed by atoms with Crippen molar-refractivity contribution in [2.45, 2.75) is 6.43 Å². The van der Waals surface area contributed by atoms with Crippen LogP contribution in [0.15, 0.2) is 0 Å². The first-order chi connectivity index (χ1) is 5.06. The van der Waals surface area contributed by atoms with E-state index in [-0.39, 0.29) is 6.54 Å². The Kier molecular flexibility index (Phi) is 4.64. The molecule has 0 heterocycles. The van der Waals surface area contributed by atoms with Crippen LogP contribution >= 0.6 is 0 Å². The Labute approximate surface area is 63.3 Å². The predicted molar refractivity (Wildman–Crippen MR) is 35.8 cm³/mol. The number of hydrogen-bond donors (Lipinski definition) is 2. The summed E-state index contributed by atoms with van der Waals surface area (Å²) in [6.45, 7) is -0.533. The first-order valence-electron chi connectivity index (χ1n) is 3.02. The van der Waals surface area contributed by atoms with Crippen LogP contribution in [0.5, 0.6) is 0 Å². The van der Waals surface area contributed by atoms with Crippen LogP contribution in [0.4, 0.5) is 8.78 Å². The summed E-state index contributed by atoms with van der Waals surface area (Å²) in [5.74, 6) is 4.26. The fraction of sp³-hybridized carbons (Fsp3) is 0.800. The Hall–Kier alpha value is -0.750. The second-order valence-electron chi connectivity index (χ2n) is 2.16. The van der Waals surface area contributed by atoms with Gasteiger partial charge in [-0.3, -0.25) is 15.1 Å². The average molecular weight is 167 g/mol. The largest absolute Gasteiger partial charge is 0.293 e. The summed E-state index contributed by atoms with van der Waals surface area (Å²) in [7, 11) is 1.42. The highest BCUT2D eigenvalue weighted by molar-refractivity contribution is 5.77. The van der Waals surface area contributed by atoms with Crippen LogP contribution in [-0.2, 0) is 4.79 Å². The Bertz CT molecular complexity index is 131. The molecule has 3 N–H and O–H groups in total. The van der Waals surface area contributed by atoms with Crippen LogP contribution < -0.4 is 11.3 Å². The van der Waals surface area contributed by atoms with E-state index in [4.69, 9.17) is 5.84 Å². The molecule has 0 spiro atoms. The Balaban J connectivity index is 3.51. The fourth-order valence-corrected chi connectivity index (χ4v) is 0.591. The first kappa shape index (κ1) is 10.2. The number of carbonyl (C=O) groups is 1. The molecule has 0 aromatic carbocycles. The van der Waals surface area contributed by atoms with Gasteiger partial charge in [0.2, 0.25) is 5.91 Å². The molecule has 0 aliphatic rings. The Morgan fingerprint density at radius 2 is 2.27 bits per heavy atom. The molecule has 0 aromatic rings.